The van der Waals surface area contributed by atoms with Crippen LogP contribution in [0.5, 0.6) is 5.75 Å². The summed E-state index contributed by atoms with van der Waals surface area (Å²) in [5, 5.41) is 2.98. The van der Waals surface area contributed by atoms with Crippen molar-refractivity contribution in [3.8, 4) is 5.75 Å². The lowest BCUT2D eigenvalue weighted by Gasteiger charge is -2.32. The van der Waals surface area contributed by atoms with E-state index in [0.717, 1.165) is 31.7 Å². The maximum atomic E-state index is 12.5. The maximum Gasteiger partial charge on any atom is 0.252 e. The van der Waals surface area contributed by atoms with E-state index in [2.05, 4.69) is 43.2 Å². The molecule has 2 heterocycles. The molecule has 1 aliphatic rings. The summed E-state index contributed by atoms with van der Waals surface area (Å²) in [4.78, 5) is 30.6. The Morgan fingerprint density at radius 2 is 1.84 bits per heavy atom. The molecule has 1 aromatic carbocycles. The van der Waals surface area contributed by atoms with Crippen LogP contribution in [0.3, 0.4) is 0 Å². The van der Waals surface area contributed by atoms with E-state index in [9.17, 15) is 9.59 Å². The van der Waals surface area contributed by atoms with Gasteiger partial charge in [-0.25, -0.2) is 0 Å². The number of likely N-dealkylation sites (tertiary alicyclic amines) is 1. The molecule has 6 nitrogen and oxygen atoms in total. The minimum Gasteiger partial charge on any atom is -0.494 e. The molecule has 3 rings (SSSR count). The highest BCUT2D eigenvalue weighted by Crippen LogP contribution is 2.24. The van der Waals surface area contributed by atoms with E-state index in [1.54, 1.807) is 24.5 Å². The SMILES string of the molecule is CC(C)(C)c1ccc(OCCCC(=O)N2CCC(CNC(=O)c3cccnc3)CC2)cc1. The van der Waals surface area contributed by atoms with Crippen LogP contribution in [-0.4, -0.2) is 47.9 Å². The van der Waals surface area contributed by atoms with Gasteiger partial charge in [-0.1, -0.05) is 32.9 Å². The molecule has 172 valence electrons. The van der Waals surface area contributed by atoms with Gasteiger partial charge in [-0.15, -0.1) is 0 Å². The Balaban J connectivity index is 1.30. The first kappa shape index (κ1) is 23.8. The summed E-state index contributed by atoms with van der Waals surface area (Å²) in [7, 11) is 0. The minimum absolute atomic E-state index is 0.0929. The summed E-state index contributed by atoms with van der Waals surface area (Å²) in [5.74, 6) is 1.35. The van der Waals surface area contributed by atoms with Crippen LogP contribution in [0.1, 0.15) is 62.4 Å². The zero-order chi connectivity index (χ0) is 23.0. The van der Waals surface area contributed by atoms with Crippen LogP contribution in [0.2, 0.25) is 0 Å². The second-order valence-electron chi connectivity index (χ2n) is 9.50. The maximum absolute atomic E-state index is 12.5. The van der Waals surface area contributed by atoms with Gasteiger partial charge in [0.05, 0.1) is 12.2 Å². The molecule has 0 radical (unpaired) electrons. The number of ether oxygens (including phenoxy) is 1. The number of amides is 2. The molecule has 1 fully saturated rings. The molecule has 2 amide bonds. The fraction of sp³-hybridized carbons (Fsp3) is 0.500. The summed E-state index contributed by atoms with van der Waals surface area (Å²) in [5.41, 5.74) is 1.98. The standard InChI is InChI=1S/C26H35N3O3/c1-26(2,3)22-8-10-23(11-9-22)32-17-5-7-24(30)29-15-12-20(13-16-29)18-28-25(31)21-6-4-14-27-19-21/h4,6,8-11,14,19-20H,5,7,12-13,15-18H2,1-3H3,(H,28,31). The molecule has 6 heteroatoms. The van der Waals surface area contributed by atoms with Crippen LogP contribution in [0.15, 0.2) is 48.8 Å². The van der Waals surface area contributed by atoms with Crippen molar-refractivity contribution in [1.82, 2.24) is 15.2 Å². The van der Waals surface area contributed by atoms with E-state index in [1.807, 2.05) is 17.0 Å². The largest absolute Gasteiger partial charge is 0.494 e. The number of benzene rings is 1. The van der Waals surface area contributed by atoms with E-state index in [4.69, 9.17) is 4.74 Å². The molecular formula is C26H35N3O3. The van der Waals surface area contributed by atoms with Gasteiger partial charge in [0.1, 0.15) is 5.75 Å². The lowest BCUT2D eigenvalue weighted by atomic mass is 9.87. The van der Waals surface area contributed by atoms with Crippen molar-refractivity contribution in [1.29, 1.82) is 0 Å². The van der Waals surface area contributed by atoms with Crippen LogP contribution in [0, 0.1) is 5.92 Å². The first-order chi connectivity index (χ1) is 15.3. The smallest absolute Gasteiger partial charge is 0.252 e. The molecular weight excluding hydrogens is 402 g/mol. The first-order valence-electron chi connectivity index (χ1n) is 11.5. The lowest BCUT2D eigenvalue weighted by molar-refractivity contribution is -0.132. The van der Waals surface area contributed by atoms with Crippen LogP contribution >= 0.6 is 0 Å². The summed E-state index contributed by atoms with van der Waals surface area (Å²) in [6, 6.07) is 11.7. The molecule has 2 aromatic rings. The van der Waals surface area contributed by atoms with Crippen LogP contribution in [-0.2, 0) is 10.2 Å². The van der Waals surface area contributed by atoms with E-state index in [1.165, 1.54) is 5.56 Å². The molecule has 0 spiro atoms. The number of pyridine rings is 1. The number of hydrogen-bond donors (Lipinski definition) is 1. The number of rotatable bonds is 8. The zero-order valence-corrected chi connectivity index (χ0v) is 19.5. The molecule has 1 N–H and O–H groups in total. The predicted octanol–water partition coefficient (Wildman–Crippen LogP) is 4.21. The monoisotopic (exact) mass is 437 g/mol. The van der Waals surface area contributed by atoms with Crippen molar-refractivity contribution in [2.75, 3.05) is 26.2 Å². The van der Waals surface area contributed by atoms with Gasteiger partial charge in [0.25, 0.3) is 5.91 Å². The Morgan fingerprint density at radius 1 is 1.12 bits per heavy atom. The third-order valence-corrected chi connectivity index (χ3v) is 5.97. The second kappa shape index (κ2) is 11.1. The third-order valence-electron chi connectivity index (χ3n) is 5.97. The van der Waals surface area contributed by atoms with Crippen LogP contribution in [0.4, 0.5) is 0 Å². The lowest BCUT2D eigenvalue weighted by Crippen LogP contribution is -2.41. The number of carbonyl (C=O) groups is 2. The topological polar surface area (TPSA) is 71.5 Å². The minimum atomic E-state index is -0.0929. The van der Waals surface area contributed by atoms with Crippen molar-refractivity contribution in [3.63, 3.8) is 0 Å². The average molecular weight is 438 g/mol. The third kappa shape index (κ3) is 7.08. The quantitative estimate of drug-likeness (QED) is 0.628. The van der Waals surface area contributed by atoms with Crippen molar-refractivity contribution < 1.29 is 14.3 Å². The first-order valence-corrected chi connectivity index (χ1v) is 11.5. The number of nitrogens with one attached hydrogen (secondary N) is 1. The van der Waals surface area contributed by atoms with Gasteiger partial charge in [-0.05, 0) is 60.4 Å². The summed E-state index contributed by atoms with van der Waals surface area (Å²) >= 11 is 0. The fourth-order valence-electron chi connectivity index (χ4n) is 3.85. The van der Waals surface area contributed by atoms with Gasteiger partial charge >= 0.3 is 0 Å². The molecule has 0 unspecified atom stereocenters. The molecule has 0 saturated carbocycles. The van der Waals surface area contributed by atoms with Crippen LogP contribution < -0.4 is 10.1 Å². The molecule has 1 aliphatic heterocycles. The Bertz CT molecular complexity index is 867. The van der Waals surface area contributed by atoms with Gasteiger partial charge in [-0.2, -0.15) is 0 Å². The molecule has 0 aliphatic carbocycles. The Morgan fingerprint density at radius 3 is 2.47 bits per heavy atom. The number of aromatic nitrogens is 1. The van der Waals surface area contributed by atoms with Crippen molar-refractivity contribution in [3.05, 3.63) is 59.9 Å². The van der Waals surface area contributed by atoms with E-state index < -0.39 is 0 Å². The van der Waals surface area contributed by atoms with Gasteiger partial charge in [0.15, 0.2) is 0 Å². The fourth-order valence-corrected chi connectivity index (χ4v) is 3.85. The number of piperidine rings is 1. The second-order valence-corrected chi connectivity index (χ2v) is 9.50. The molecule has 0 atom stereocenters. The number of nitrogens with zero attached hydrogens (tertiary/aromatic N) is 2. The van der Waals surface area contributed by atoms with Crippen molar-refractivity contribution >= 4 is 11.8 Å². The van der Waals surface area contributed by atoms with Gasteiger partial charge < -0.3 is 15.0 Å². The summed E-state index contributed by atoms with van der Waals surface area (Å²) in [6.07, 6.45) is 6.26. The summed E-state index contributed by atoms with van der Waals surface area (Å²) < 4.78 is 5.80. The number of hydrogen-bond acceptors (Lipinski definition) is 4. The highest BCUT2D eigenvalue weighted by atomic mass is 16.5. The van der Waals surface area contributed by atoms with Gasteiger partial charge in [0, 0.05) is 38.4 Å². The molecule has 32 heavy (non-hydrogen) atoms. The average Bonchev–Trinajstić information content (AvgIpc) is 2.81. The molecule has 0 bridgehead atoms. The zero-order valence-electron chi connectivity index (χ0n) is 19.5. The van der Waals surface area contributed by atoms with E-state index in [-0.39, 0.29) is 17.2 Å². The number of carbonyl (C=O) groups excluding carboxylic acids is 2. The Kier molecular flexibility index (Phi) is 8.26. The highest BCUT2D eigenvalue weighted by molar-refractivity contribution is 5.93. The Labute approximate surface area is 191 Å². The summed E-state index contributed by atoms with van der Waals surface area (Å²) in [6.45, 7) is 9.25. The van der Waals surface area contributed by atoms with Crippen molar-refractivity contribution in [2.24, 2.45) is 5.92 Å². The van der Waals surface area contributed by atoms with E-state index in [0.29, 0.717) is 37.5 Å². The predicted molar refractivity (Wildman–Crippen MR) is 126 cm³/mol. The van der Waals surface area contributed by atoms with E-state index >= 15 is 0 Å². The molecule has 1 aromatic heterocycles. The van der Waals surface area contributed by atoms with Crippen LogP contribution in [0.25, 0.3) is 0 Å². The normalized spacial score (nSPS) is 14.8. The van der Waals surface area contributed by atoms with Gasteiger partial charge in [0.2, 0.25) is 5.91 Å². The Hall–Kier alpha value is -2.89. The van der Waals surface area contributed by atoms with Crippen molar-refractivity contribution in [2.45, 2.75) is 51.9 Å². The molecule has 1 saturated heterocycles. The van der Waals surface area contributed by atoms with Gasteiger partial charge in [-0.3, -0.25) is 14.6 Å². The highest BCUT2D eigenvalue weighted by Gasteiger charge is 2.23.